The van der Waals surface area contributed by atoms with Crippen molar-refractivity contribution in [1.82, 2.24) is 5.32 Å². The van der Waals surface area contributed by atoms with Gasteiger partial charge in [0.1, 0.15) is 5.71 Å². The number of nitrogens with zero attached hydrogens (tertiary/aromatic N) is 2. The second-order valence-corrected chi connectivity index (χ2v) is 7.57. The van der Waals surface area contributed by atoms with E-state index >= 15 is 0 Å². The Morgan fingerprint density at radius 2 is 1.41 bits per heavy atom. The number of carbonyl (C=O) groups is 2. The molecule has 3 aromatic rings. The van der Waals surface area contributed by atoms with Crippen LogP contribution in [-0.4, -0.2) is 17.5 Å². The first kappa shape index (κ1) is 21.5. The molecule has 0 unspecified atom stereocenters. The van der Waals surface area contributed by atoms with E-state index in [2.05, 4.69) is 10.4 Å². The van der Waals surface area contributed by atoms with Gasteiger partial charge in [-0.3, -0.25) is 9.59 Å². The van der Waals surface area contributed by atoms with Gasteiger partial charge in [0.15, 0.2) is 0 Å². The maximum absolute atomic E-state index is 12.6. The number of hydrazone groups is 1. The lowest BCUT2D eigenvalue weighted by atomic mass is 10.1. The maximum atomic E-state index is 12.6. The van der Waals surface area contributed by atoms with Crippen LogP contribution in [0.2, 0.25) is 0 Å². The van der Waals surface area contributed by atoms with Crippen LogP contribution in [-0.2, 0) is 34.1 Å². The van der Waals surface area contributed by atoms with Crippen molar-refractivity contribution in [3.8, 4) is 0 Å². The standard InChI is InChI=1S/C26H25N3O3/c30-25-16-15-24(28-29(25)23-9-5-2-6-10-23)26(31)27-17-20-11-13-22(14-12-20)19-32-18-21-7-3-1-4-8-21/h1-14H,15-19H2,(H,27,31). The Labute approximate surface area is 187 Å². The largest absolute Gasteiger partial charge is 0.372 e. The van der Waals surface area contributed by atoms with E-state index in [0.29, 0.717) is 37.6 Å². The van der Waals surface area contributed by atoms with Crippen LogP contribution < -0.4 is 10.3 Å². The van der Waals surface area contributed by atoms with Crippen LogP contribution in [0.4, 0.5) is 5.69 Å². The fraction of sp³-hybridized carbons (Fsp3) is 0.192. The van der Waals surface area contributed by atoms with Crippen LogP contribution in [0.25, 0.3) is 0 Å². The number of amides is 2. The topological polar surface area (TPSA) is 71.0 Å². The van der Waals surface area contributed by atoms with Crippen LogP contribution in [0.5, 0.6) is 0 Å². The van der Waals surface area contributed by atoms with Gasteiger partial charge in [0.2, 0.25) is 5.91 Å². The zero-order valence-electron chi connectivity index (χ0n) is 17.7. The van der Waals surface area contributed by atoms with Crippen molar-refractivity contribution < 1.29 is 14.3 Å². The van der Waals surface area contributed by atoms with Gasteiger partial charge in [-0.2, -0.15) is 5.10 Å². The number of benzene rings is 3. The number of hydrogen-bond acceptors (Lipinski definition) is 4. The summed E-state index contributed by atoms with van der Waals surface area (Å²) in [6.07, 6.45) is 0.602. The molecule has 6 heteroatoms. The van der Waals surface area contributed by atoms with E-state index in [4.69, 9.17) is 4.74 Å². The molecule has 0 fully saturated rings. The normalized spacial score (nSPS) is 13.6. The van der Waals surface area contributed by atoms with E-state index in [0.717, 1.165) is 16.7 Å². The number of para-hydroxylation sites is 1. The summed E-state index contributed by atoms with van der Waals surface area (Å²) < 4.78 is 5.76. The predicted molar refractivity (Wildman–Crippen MR) is 124 cm³/mol. The second kappa shape index (κ2) is 10.5. The maximum Gasteiger partial charge on any atom is 0.267 e. The first-order valence-corrected chi connectivity index (χ1v) is 10.6. The van der Waals surface area contributed by atoms with Gasteiger partial charge in [0.05, 0.1) is 18.9 Å². The first-order valence-electron chi connectivity index (χ1n) is 10.6. The zero-order valence-corrected chi connectivity index (χ0v) is 17.7. The first-order chi connectivity index (χ1) is 15.7. The van der Waals surface area contributed by atoms with Crippen molar-refractivity contribution in [1.29, 1.82) is 0 Å². The molecule has 0 bridgehead atoms. The highest BCUT2D eigenvalue weighted by Gasteiger charge is 2.25. The molecule has 6 nitrogen and oxygen atoms in total. The summed E-state index contributed by atoms with van der Waals surface area (Å²) >= 11 is 0. The van der Waals surface area contributed by atoms with E-state index in [9.17, 15) is 9.59 Å². The van der Waals surface area contributed by atoms with E-state index in [1.54, 1.807) is 12.1 Å². The van der Waals surface area contributed by atoms with Crippen molar-refractivity contribution in [2.24, 2.45) is 5.10 Å². The molecule has 2 amide bonds. The van der Waals surface area contributed by atoms with Crippen molar-refractivity contribution in [2.75, 3.05) is 5.01 Å². The minimum Gasteiger partial charge on any atom is -0.372 e. The molecule has 0 atom stereocenters. The molecule has 0 saturated carbocycles. The third-order valence-electron chi connectivity index (χ3n) is 5.15. The minimum atomic E-state index is -0.256. The van der Waals surface area contributed by atoms with E-state index < -0.39 is 0 Å². The van der Waals surface area contributed by atoms with E-state index in [1.807, 2.05) is 72.8 Å². The Morgan fingerprint density at radius 1 is 0.812 bits per heavy atom. The number of rotatable bonds is 8. The molecule has 32 heavy (non-hydrogen) atoms. The molecule has 1 heterocycles. The Balaban J connectivity index is 1.28. The lowest BCUT2D eigenvalue weighted by molar-refractivity contribution is -0.119. The van der Waals surface area contributed by atoms with Crippen LogP contribution >= 0.6 is 0 Å². The summed E-state index contributed by atoms with van der Waals surface area (Å²) in [6, 6.07) is 27.2. The van der Waals surface area contributed by atoms with Crippen LogP contribution in [0.1, 0.15) is 29.5 Å². The lowest BCUT2D eigenvalue weighted by Crippen LogP contribution is -2.38. The van der Waals surface area contributed by atoms with Crippen LogP contribution in [0.15, 0.2) is 90.0 Å². The van der Waals surface area contributed by atoms with Gasteiger partial charge in [-0.05, 0) is 28.8 Å². The molecule has 3 aromatic carbocycles. The smallest absolute Gasteiger partial charge is 0.267 e. The monoisotopic (exact) mass is 427 g/mol. The number of anilines is 1. The molecule has 4 rings (SSSR count). The molecule has 162 valence electrons. The van der Waals surface area contributed by atoms with Crippen molar-refractivity contribution >= 4 is 23.2 Å². The van der Waals surface area contributed by atoms with Crippen molar-refractivity contribution in [3.05, 3.63) is 102 Å². The number of nitrogens with one attached hydrogen (secondary N) is 1. The van der Waals surface area contributed by atoms with Gasteiger partial charge in [-0.1, -0.05) is 72.8 Å². The molecule has 0 saturated heterocycles. The molecular formula is C26H25N3O3. The number of carbonyl (C=O) groups excluding carboxylic acids is 2. The highest BCUT2D eigenvalue weighted by molar-refractivity contribution is 6.40. The lowest BCUT2D eigenvalue weighted by Gasteiger charge is -2.23. The van der Waals surface area contributed by atoms with Gasteiger partial charge in [-0.25, -0.2) is 5.01 Å². The summed E-state index contributed by atoms with van der Waals surface area (Å²) in [4.78, 5) is 24.8. The summed E-state index contributed by atoms with van der Waals surface area (Å²) in [6.45, 7) is 1.49. The third-order valence-corrected chi connectivity index (χ3v) is 5.15. The Kier molecular flexibility index (Phi) is 7.05. The second-order valence-electron chi connectivity index (χ2n) is 7.57. The van der Waals surface area contributed by atoms with Crippen molar-refractivity contribution in [3.63, 3.8) is 0 Å². The molecule has 0 spiro atoms. The Morgan fingerprint density at radius 3 is 2.09 bits per heavy atom. The van der Waals surface area contributed by atoms with E-state index in [-0.39, 0.29) is 18.2 Å². The SMILES string of the molecule is O=C(NCc1ccc(COCc2ccccc2)cc1)C1=NN(c2ccccc2)C(=O)CC1. The van der Waals surface area contributed by atoms with Gasteiger partial charge in [0.25, 0.3) is 5.91 Å². The zero-order chi connectivity index (χ0) is 22.2. The average molecular weight is 428 g/mol. The number of hydrogen-bond donors (Lipinski definition) is 1. The molecule has 0 aromatic heterocycles. The summed E-state index contributed by atoms with van der Waals surface area (Å²) in [7, 11) is 0. The van der Waals surface area contributed by atoms with Crippen LogP contribution in [0.3, 0.4) is 0 Å². The van der Waals surface area contributed by atoms with Gasteiger partial charge in [0, 0.05) is 19.4 Å². The fourth-order valence-electron chi connectivity index (χ4n) is 3.39. The molecule has 1 aliphatic heterocycles. The summed E-state index contributed by atoms with van der Waals surface area (Å²) in [5.74, 6) is -0.369. The quantitative estimate of drug-likeness (QED) is 0.586. The summed E-state index contributed by atoms with van der Waals surface area (Å²) in [5.41, 5.74) is 4.22. The van der Waals surface area contributed by atoms with E-state index in [1.165, 1.54) is 5.01 Å². The highest BCUT2D eigenvalue weighted by atomic mass is 16.5. The third kappa shape index (κ3) is 5.68. The van der Waals surface area contributed by atoms with Crippen molar-refractivity contribution in [2.45, 2.75) is 32.6 Å². The highest BCUT2D eigenvalue weighted by Crippen LogP contribution is 2.19. The molecule has 1 aliphatic rings. The minimum absolute atomic E-state index is 0.113. The molecule has 0 aliphatic carbocycles. The summed E-state index contributed by atoms with van der Waals surface area (Å²) in [5, 5.41) is 8.50. The van der Waals surface area contributed by atoms with Crippen LogP contribution in [0, 0.1) is 0 Å². The fourth-order valence-corrected chi connectivity index (χ4v) is 3.39. The molecule has 1 N–H and O–H groups in total. The Hall–Kier alpha value is -3.77. The van der Waals surface area contributed by atoms with Gasteiger partial charge >= 0.3 is 0 Å². The van der Waals surface area contributed by atoms with Gasteiger partial charge in [-0.15, -0.1) is 0 Å². The Bertz CT molecular complexity index is 1080. The van der Waals surface area contributed by atoms with Gasteiger partial charge < -0.3 is 10.1 Å². The average Bonchev–Trinajstić information content (AvgIpc) is 2.85. The molecule has 0 radical (unpaired) electrons. The number of ether oxygens (including phenoxy) is 1. The predicted octanol–water partition coefficient (Wildman–Crippen LogP) is 4.20. The molecular weight excluding hydrogens is 402 g/mol.